The molecule has 1 aromatic carbocycles. The van der Waals surface area contributed by atoms with E-state index in [2.05, 4.69) is 43.8 Å². The molecule has 0 heterocycles. The maximum Gasteiger partial charge on any atom is 0.0747 e. The first kappa shape index (κ1) is 18.5. The Balaban J connectivity index is 1.48. The van der Waals surface area contributed by atoms with Crippen molar-refractivity contribution in [3.05, 3.63) is 35.4 Å². The Morgan fingerprint density at radius 3 is 1.96 bits per heavy atom. The highest BCUT2D eigenvalue weighted by Gasteiger charge is 2.31. The lowest BCUT2D eigenvalue weighted by molar-refractivity contribution is 0.156. The van der Waals surface area contributed by atoms with Crippen molar-refractivity contribution in [2.24, 2.45) is 17.8 Å². The Kier molecular flexibility index (Phi) is 6.80. The first-order valence-corrected chi connectivity index (χ1v) is 10.9. The molecule has 132 valence electrons. The predicted octanol–water partition coefficient (Wildman–Crippen LogP) is 7.17. The Hall–Kier alpha value is -0.340. The van der Waals surface area contributed by atoms with E-state index in [1.54, 1.807) is 0 Å². The van der Waals surface area contributed by atoms with Gasteiger partial charge in [-0.2, -0.15) is 0 Å². The van der Waals surface area contributed by atoms with E-state index in [1.807, 2.05) is 0 Å². The quantitative estimate of drug-likeness (QED) is 0.429. The van der Waals surface area contributed by atoms with Gasteiger partial charge in [0.05, 0.1) is 4.20 Å². The fraction of sp³-hybridized carbons (Fsp3) is 0.682. The molecule has 2 aliphatic carbocycles. The fourth-order valence-electron chi connectivity index (χ4n) is 5.18. The second-order valence-corrected chi connectivity index (χ2v) is 9.27. The van der Waals surface area contributed by atoms with Crippen molar-refractivity contribution in [2.75, 3.05) is 0 Å². The van der Waals surface area contributed by atoms with Gasteiger partial charge in [0.2, 0.25) is 0 Å². The topological polar surface area (TPSA) is 0 Å². The Labute approximate surface area is 159 Å². The van der Waals surface area contributed by atoms with Crippen LogP contribution in [0.25, 0.3) is 0 Å². The number of thiol groups is 1. The molecule has 0 bridgehead atoms. The molecular weight excluding hydrogens is 328 g/mol. The van der Waals surface area contributed by atoms with Crippen molar-refractivity contribution in [1.82, 2.24) is 0 Å². The van der Waals surface area contributed by atoms with Crippen LogP contribution < -0.4 is 0 Å². The van der Waals surface area contributed by atoms with Crippen LogP contribution in [-0.4, -0.2) is 4.20 Å². The summed E-state index contributed by atoms with van der Waals surface area (Å²) in [5.74, 6) is 3.84. The SMILES string of the molecule is CCCC1CCC(C2CCC(c3ccc(C(=S)S)cc3)CC2)CC1. The molecule has 0 unspecified atom stereocenters. The maximum atomic E-state index is 5.14. The minimum Gasteiger partial charge on any atom is -0.131 e. The second-order valence-electron chi connectivity index (χ2n) is 8.11. The zero-order valence-corrected chi connectivity index (χ0v) is 16.8. The average molecular weight is 361 g/mol. The smallest absolute Gasteiger partial charge is 0.0747 e. The van der Waals surface area contributed by atoms with Crippen molar-refractivity contribution >= 4 is 29.0 Å². The fourth-order valence-corrected chi connectivity index (χ4v) is 5.46. The predicted molar refractivity (Wildman–Crippen MR) is 112 cm³/mol. The number of benzene rings is 1. The lowest BCUT2D eigenvalue weighted by Gasteiger charge is -2.38. The zero-order valence-electron chi connectivity index (χ0n) is 15.0. The highest BCUT2D eigenvalue weighted by Crippen LogP contribution is 2.44. The maximum absolute atomic E-state index is 5.14. The van der Waals surface area contributed by atoms with Crippen LogP contribution in [0, 0.1) is 17.8 Å². The van der Waals surface area contributed by atoms with E-state index in [9.17, 15) is 0 Å². The van der Waals surface area contributed by atoms with E-state index in [0.29, 0.717) is 4.20 Å². The molecule has 0 aliphatic heterocycles. The van der Waals surface area contributed by atoms with Gasteiger partial charge < -0.3 is 0 Å². The average Bonchev–Trinajstić information content (AvgIpc) is 2.63. The van der Waals surface area contributed by atoms with Crippen LogP contribution in [-0.2, 0) is 0 Å². The molecule has 0 atom stereocenters. The van der Waals surface area contributed by atoms with Gasteiger partial charge in [-0.3, -0.25) is 0 Å². The number of hydrogen-bond acceptors (Lipinski definition) is 1. The van der Waals surface area contributed by atoms with Gasteiger partial charge in [-0.15, -0.1) is 12.6 Å². The molecule has 0 saturated heterocycles. The summed E-state index contributed by atoms with van der Waals surface area (Å²) in [6.07, 6.45) is 14.5. The minimum atomic E-state index is 0.698. The third kappa shape index (κ3) is 4.64. The van der Waals surface area contributed by atoms with E-state index >= 15 is 0 Å². The van der Waals surface area contributed by atoms with Gasteiger partial charge in [0.15, 0.2) is 0 Å². The van der Waals surface area contributed by atoms with Crippen molar-refractivity contribution in [3.8, 4) is 0 Å². The van der Waals surface area contributed by atoms with E-state index in [0.717, 1.165) is 29.2 Å². The van der Waals surface area contributed by atoms with E-state index in [4.69, 9.17) is 12.2 Å². The highest BCUT2D eigenvalue weighted by atomic mass is 32.1. The van der Waals surface area contributed by atoms with E-state index < -0.39 is 0 Å². The Morgan fingerprint density at radius 1 is 0.917 bits per heavy atom. The summed E-state index contributed by atoms with van der Waals surface area (Å²) in [6, 6.07) is 8.84. The molecule has 2 aliphatic rings. The van der Waals surface area contributed by atoms with E-state index in [-0.39, 0.29) is 0 Å². The summed E-state index contributed by atoms with van der Waals surface area (Å²) < 4.78 is 0.698. The molecule has 0 aromatic heterocycles. The molecule has 0 radical (unpaired) electrons. The zero-order chi connectivity index (χ0) is 16.9. The first-order chi connectivity index (χ1) is 11.7. The number of rotatable bonds is 5. The highest BCUT2D eigenvalue weighted by molar-refractivity contribution is 8.11. The molecule has 2 saturated carbocycles. The van der Waals surface area contributed by atoms with Gasteiger partial charge >= 0.3 is 0 Å². The molecule has 24 heavy (non-hydrogen) atoms. The van der Waals surface area contributed by atoms with Crippen LogP contribution in [0.15, 0.2) is 24.3 Å². The van der Waals surface area contributed by atoms with Crippen molar-refractivity contribution in [2.45, 2.75) is 77.0 Å². The molecule has 0 amide bonds. The molecule has 2 fully saturated rings. The van der Waals surface area contributed by atoms with Crippen molar-refractivity contribution in [3.63, 3.8) is 0 Å². The van der Waals surface area contributed by atoms with Crippen molar-refractivity contribution in [1.29, 1.82) is 0 Å². The summed E-state index contributed by atoms with van der Waals surface area (Å²) in [7, 11) is 0. The van der Waals surface area contributed by atoms with Crippen LogP contribution in [0.3, 0.4) is 0 Å². The monoisotopic (exact) mass is 360 g/mol. The van der Waals surface area contributed by atoms with Gasteiger partial charge in [-0.25, -0.2) is 0 Å². The van der Waals surface area contributed by atoms with Gasteiger partial charge in [-0.1, -0.05) is 69.1 Å². The van der Waals surface area contributed by atoms with Crippen molar-refractivity contribution < 1.29 is 0 Å². The summed E-state index contributed by atoms with van der Waals surface area (Å²) in [6.45, 7) is 2.34. The summed E-state index contributed by atoms with van der Waals surface area (Å²) >= 11 is 9.41. The summed E-state index contributed by atoms with van der Waals surface area (Å²) in [4.78, 5) is 0. The lowest BCUT2D eigenvalue weighted by atomic mass is 9.68. The largest absolute Gasteiger partial charge is 0.131 e. The second kappa shape index (κ2) is 8.85. The first-order valence-electron chi connectivity index (χ1n) is 10.0. The third-order valence-electron chi connectivity index (χ3n) is 6.66. The van der Waals surface area contributed by atoms with Gasteiger partial charge in [0, 0.05) is 0 Å². The summed E-state index contributed by atoms with van der Waals surface area (Å²) in [5, 5.41) is 0. The van der Waals surface area contributed by atoms with Gasteiger partial charge in [-0.05, 0) is 73.3 Å². The standard InChI is InChI=1S/C22H32S2/c1-2-3-16-4-6-17(7-5-16)18-8-10-19(11-9-18)20-12-14-21(15-13-20)22(23)24/h12-19H,2-11H2,1H3,(H,23,24). The molecular formula is C22H32S2. The van der Waals surface area contributed by atoms with Crippen LogP contribution in [0.4, 0.5) is 0 Å². The van der Waals surface area contributed by atoms with Gasteiger partial charge in [0.1, 0.15) is 0 Å². The van der Waals surface area contributed by atoms with Crippen LogP contribution in [0.1, 0.15) is 88.2 Å². The molecule has 0 N–H and O–H groups in total. The Bertz CT molecular complexity index is 517. The minimum absolute atomic E-state index is 0.698. The molecule has 0 spiro atoms. The van der Waals surface area contributed by atoms with E-state index in [1.165, 1.54) is 69.8 Å². The van der Waals surface area contributed by atoms with Crippen LogP contribution in [0.2, 0.25) is 0 Å². The molecule has 3 rings (SSSR count). The van der Waals surface area contributed by atoms with Crippen LogP contribution in [0.5, 0.6) is 0 Å². The number of thiocarbonyl (C=S) groups is 1. The summed E-state index contributed by atoms with van der Waals surface area (Å²) in [5.41, 5.74) is 2.59. The van der Waals surface area contributed by atoms with Gasteiger partial charge in [0.25, 0.3) is 0 Å². The normalized spacial score (nSPS) is 30.9. The lowest BCUT2D eigenvalue weighted by Crippen LogP contribution is -2.25. The Morgan fingerprint density at radius 2 is 1.46 bits per heavy atom. The molecule has 2 heteroatoms. The van der Waals surface area contributed by atoms with Crippen LogP contribution >= 0.6 is 24.8 Å². The third-order valence-corrected chi connectivity index (χ3v) is 7.15. The molecule has 1 aromatic rings. The molecule has 0 nitrogen and oxygen atoms in total. The number of hydrogen-bond donors (Lipinski definition) is 1.